The molecule has 0 bridgehead atoms. The summed E-state index contributed by atoms with van der Waals surface area (Å²) in [4.78, 5) is 66.4. The van der Waals surface area contributed by atoms with Crippen LogP contribution in [0.25, 0.3) is 0 Å². The Kier molecular flexibility index (Phi) is 16.7. The lowest BCUT2D eigenvalue weighted by molar-refractivity contribution is -0.172. The molecule has 0 aliphatic carbocycles. The number of Topliss-reactive ketones (excluding diaryl/α,β-unsaturated/α-hetero) is 2. The third kappa shape index (κ3) is 18.4. The monoisotopic (exact) mass is 529 g/mol. The zero-order chi connectivity index (χ0) is 27.9. The maximum atomic E-state index is 11.5. The molecule has 0 saturated carbocycles. The molecule has 35 heavy (non-hydrogen) atoms. The van der Waals surface area contributed by atoms with Crippen LogP contribution in [-0.2, 0) is 61.5 Å². The first-order chi connectivity index (χ1) is 15.9. The first-order valence-electron chi connectivity index (χ1n) is 10.4. The van der Waals surface area contributed by atoms with E-state index in [1.54, 1.807) is 0 Å². The summed E-state index contributed by atoms with van der Waals surface area (Å²) >= 11 is 0. The highest BCUT2D eigenvalue weighted by Gasteiger charge is 2.26. The Bertz CT molecular complexity index is 808. The minimum atomic E-state index is -2.83. The Morgan fingerprint density at radius 2 is 1.00 bits per heavy atom. The highest BCUT2D eigenvalue weighted by atomic mass is 31.2. The van der Waals surface area contributed by atoms with Crippen LogP contribution in [0.5, 0.6) is 0 Å². The summed E-state index contributed by atoms with van der Waals surface area (Å²) in [6.07, 6.45) is -4.01. The van der Waals surface area contributed by atoms with Crippen molar-refractivity contribution in [1.29, 1.82) is 0 Å². The van der Waals surface area contributed by atoms with E-state index in [-0.39, 0.29) is 26.2 Å². The van der Waals surface area contributed by atoms with Gasteiger partial charge in [-0.05, 0) is 41.5 Å². The molecule has 0 aromatic heterocycles. The van der Waals surface area contributed by atoms with Crippen molar-refractivity contribution < 1.29 is 63.0 Å². The van der Waals surface area contributed by atoms with Gasteiger partial charge < -0.3 is 28.2 Å². The first-order valence-corrected chi connectivity index (χ1v) is 12.9. The van der Waals surface area contributed by atoms with Gasteiger partial charge in [0.25, 0.3) is 0 Å². The molecule has 0 aliphatic heterocycles. The molecular weight excluding hydrogens is 491 g/mol. The Balaban J connectivity index is -0.000000597. The van der Waals surface area contributed by atoms with E-state index < -0.39 is 55.7 Å². The fourth-order valence-electron chi connectivity index (χ4n) is 1.74. The number of ether oxygens (including phenoxy) is 5. The summed E-state index contributed by atoms with van der Waals surface area (Å²) in [5.41, 5.74) is 0. The summed E-state index contributed by atoms with van der Waals surface area (Å²) < 4.78 is 39.7. The molecule has 0 saturated heterocycles. The van der Waals surface area contributed by atoms with Gasteiger partial charge in [0.05, 0.1) is 0 Å². The normalized spacial score (nSPS) is 14.1. The Hall–Kier alpha value is -2.63. The van der Waals surface area contributed by atoms with Crippen molar-refractivity contribution in [2.24, 2.45) is 0 Å². The molecular formula is C21H37O13P. The molecule has 0 N–H and O–H groups in total. The molecule has 0 fully saturated rings. The van der Waals surface area contributed by atoms with Crippen molar-refractivity contribution in [2.75, 3.05) is 33.7 Å². The van der Waals surface area contributed by atoms with E-state index in [1.807, 2.05) is 0 Å². The molecule has 0 unspecified atom stereocenters. The van der Waals surface area contributed by atoms with E-state index in [1.165, 1.54) is 62.0 Å². The van der Waals surface area contributed by atoms with Crippen LogP contribution < -0.4 is 0 Å². The van der Waals surface area contributed by atoms with Gasteiger partial charge in [-0.25, -0.2) is 19.2 Å². The minimum absolute atomic E-state index is 0. The van der Waals surface area contributed by atoms with Gasteiger partial charge in [0.1, 0.15) is 13.2 Å². The van der Waals surface area contributed by atoms with Crippen molar-refractivity contribution in [3.63, 3.8) is 0 Å². The Morgan fingerprint density at radius 1 is 0.657 bits per heavy atom. The molecule has 0 aromatic rings. The van der Waals surface area contributed by atoms with Crippen molar-refractivity contribution in [2.45, 2.75) is 66.0 Å². The van der Waals surface area contributed by atoms with Crippen molar-refractivity contribution in [1.82, 2.24) is 0 Å². The van der Waals surface area contributed by atoms with Gasteiger partial charge in [-0.2, -0.15) is 0 Å². The van der Waals surface area contributed by atoms with Crippen LogP contribution in [0.15, 0.2) is 0 Å². The smallest absolute Gasteiger partial charge is 0.347 e. The van der Waals surface area contributed by atoms with Gasteiger partial charge in [-0.3, -0.25) is 14.2 Å². The molecule has 0 rings (SSSR count). The molecule has 14 heteroatoms. The highest BCUT2D eigenvalue weighted by molar-refractivity contribution is 7.57. The molecule has 0 aliphatic rings. The second-order valence-corrected chi connectivity index (χ2v) is 10.4. The predicted octanol–water partition coefficient (Wildman–Crippen LogP) is 1.32. The van der Waals surface area contributed by atoms with E-state index in [9.17, 15) is 33.3 Å². The summed E-state index contributed by atoms with van der Waals surface area (Å²) in [5, 5.41) is 0. The lowest BCUT2D eigenvalue weighted by atomic mass is 10.3. The van der Waals surface area contributed by atoms with Crippen LogP contribution in [0, 0.1) is 0 Å². The van der Waals surface area contributed by atoms with Crippen molar-refractivity contribution in [3.05, 3.63) is 0 Å². The predicted molar refractivity (Wildman–Crippen MR) is 123 cm³/mol. The number of carbonyl (C=O) groups is 6. The third-order valence-corrected chi connectivity index (χ3v) is 4.34. The number of rotatable bonds is 13. The lowest BCUT2D eigenvalue weighted by Gasteiger charge is -2.17. The van der Waals surface area contributed by atoms with Crippen molar-refractivity contribution >= 4 is 42.8 Å². The summed E-state index contributed by atoms with van der Waals surface area (Å²) in [7, 11) is -1.48. The number of ketones is 2. The first kappa shape index (κ1) is 34.5. The van der Waals surface area contributed by atoms with Gasteiger partial charge in [0.15, 0.2) is 43.4 Å². The largest absolute Gasteiger partial charge is 0.455 e. The average Bonchev–Trinajstić information content (AvgIpc) is 2.73. The van der Waals surface area contributed by atoms with Gasteiger partial charge >= 0.3 is 23.9 Å². The number of esters is 4. The summed E-state index contributed by atoms with van der Waals surface area (Å²) in [6.45, 7) is 10.1. The fourth-order valence-corrected chi connectivity index (χ4v) is 2.58. The number of hydrogen-bond acceptors (Lipinski definition) is 13. The van der Waals surface area contributed by atoms with E-state index in [0.29, 0.717) is 0 Å². The Morgan fingerprint density at radius 3 is 1.29 bits per heavy atom. The maximum absolute atomic E-state index is 11.5. The molecule has 204 valence electrons. The van der Waals surface area contributed by atoms with Crippen LogP contribution >= 0.6 is 7.37 Å². The van der Waals surface area contributed by atoms with Gasteiger partial charge in [0.2, 0.25) is 0 Å². The summed E-state index contributed by atoms with van der Waals surface area (Å²) in [5.74, 6) is -3.66. The zero-order valence-electron chi connectivity index (χ0n) is 21.5. The fraction of sp³-hybridized carbons (Fsp3) is 0.714. The van der Waals surface area contributed by atoms with Crippen LogP contribution in [0.4, 0.5) is 0 Å². The summed E-state index contributed by atoms with van der Waals surface area (Å²) in [6, 6.07) is 0. The van der Waals surface area contributed by atoms with Crippen LogP contribution in [0.2, 0.25) is 0 Å². The van der Waals surface area contributed by atoms with Gasteiger partial charge in [-0.15, -0.1) is 0 Å². The number of methoxy groups -OCH3 is 1. The molecule has 0 heterocycles. The number of carbonyl (C=O) groups excluding carboxylic acids is 6. The van der Waals surface area contributed by atoms with Crippen LogP contribution in [0.3, 0.4) is 0 Å². The maximum Gasteiger partial charge on any atom is 0.347 e. The lowest BCUT2D eigenvalue weighted by Crippen LogP contribution is -2.32. The molecule has 0 radical (unpaired) electrons. The van der Waals surface area contributed by atoms with Gasteiger partial charge in [-0.1, -0.05) is 0 Å². The SMILES string of the molecule is CC(=O)COC(=O)[C@@H](C)OC(=O)[C@H](C)OP(C)(C)=O.CO[C@H](C)C(=O)O[C@@H](C)C(=O)OCC(C)=O.[2HH]. The second-order valence-electron chi connectivity index (χ2n) is 7.66. The average molecular weight is 529 g/mol. The number of hydrogen-bond donors (Lipinski definition) is 0. The minimum Gasteiger partial charge on any atom is -0.455 e. The van der Waals surface area contributed by atoms with E-state index in [0.717, 1.165) is 0 Å². The standard InChI is InChI=1S/C11H19O7P.C10H16O6.H2/c1-7(12)6-16-10(13)8(2)17-11(14)9(3)18-19(4,5)15;1-6(11)5-15-9(12)8(3)16-10(13)7(2)14-4;/h8-9H,6H2,1-5H3;7-8H,5H2,1-4H3;1H/t8-,9+;7-,8+;/m11./s1/i;;1+1. The third-order valence-electron chi connectivity index (χ3n) is 3.51. The van der Waals surface area contributed by atoms with Crippen LogP contribution in [-0.4, -0.2) is 93.5 Å². The molecule has 0 aromatic carbocycles. The topological polar surface area (TPSA) is 175 Å². The molecule has 0 spiro atoms. The molecule has 4 atom stereocenters. The highest BCUT2D eigenvalue weighted by Crippen LogP contribution is 2.39. The van der Waals surface area contributed by atoms with E-state index in [4.69, 9.17) is 18.7 Å². The zero-order valence-corrected chi connectivity index (χ0v) is 22.4. The van der Waals surface area contributed by atoms with E-state index in [2.05, 4.69) is 9.47 Å². The van der Waals surface area contributed by atoms with Crippen molar-refractivity contribution in [3.8, 4) is 0 Å². The van der Waals surface area contributed by atoms with Crippen LogP contribution in [0.1, 0.15) is 43.0 Å². The molecule has 13 nitrogen and oxygen atoms in total. The van der Waals surface area contributed by atoms with Gasteiger partial charge in [0, 0.05) is 21.9 Å². The quantitative estimate of drug-likeness (QED) is 0.190. The second kappa shape index (κ2) is 16.9. The Labute approximate surface area is 206 Å². The molecule has 0 amide bonds. The van der Waals surface area contributed by atoms with E-state index >= 15 is 0 Å².